The van der Waals surface area contributed by atoms with Crippen LogP contribution in [0.25, 0.3) is 22.1 Å². The average Bonchev–Trinajstić information content (AvgIpc) is 3.12. The fourth-order valence-corrected chi connectivity index (χ4v) is 4.01. The number of aromatic nitrogens is 4. The molecule has 26 heavy (non-hydrogen) atoms. The van der Waals surface area contributed by atoms with Crippen LogP contribution in [0.5, 0.6) is 0 Å². The van der Waals surface area contributed by atoms with Crippen LogP contribution in [0.4, 0.5) is 13.2 Å². The molecule has 1 aromatic carbocycles. The van der Waals surface area contributed by atoms with Gasteiger partial charge in [-0.05, 0) is 43.9 Å². The Hall–Kier alpha value is -2.58. The Bertz CT molecular complexity index is 997. The maximum absolute atomic E-state index is 13.0. The second-order valence-electron chi connectivity index (χ2n) is 6.84. The highest BCUT2D eigenvalue weighted by atomic mass is 19.4. The number of carboxylic acids is 1. The fraction of sp³-hybridized carbons (Fsp3) is 0.471. The summed E-state index contributed by atoms with van der Waals surface area (Å²) in [5, 5.41) is 18.0. The Labute approximate surface area is 146 Å². The number of benzene rings is 1. The summed E-state index contributed by atoms with van der Waals surface area (Å²) in [5.41, 5.74) is 2.20. The Morgan fingerprint density at radius 1 is 1.23 bits per heavy atom. The van der Waals surface area contributed by atoms with E-state index in [9.17, 15) is 23.1 Å². The first-order valence-electron chi connectivity index (χ1n) is 8.40. The number of alkyl halides is 3. The molecule has 6 nitrogen and oxygen atoms in total. The first-order chi connectivity index (χ1) is 12.3. The van der Waals surface area contributed by atoms with Gasteiger partial charge in [0.25, 0.3) is 0 Å². The van der Waals surface area contributed by atoms with E-state index in [1.807, 2.05) is 4.57 Å². The average molecular weight is 366 g/mol. The predicted octanol–water partition coefficient (Wildman–Crippen LogP) is 3.91. The maximum Gasteiger partial charge on any atom is 0.391 e. The van der Waals surface area contributed by atoms with E-state index < -0.39 is 18.1 Å². The maximum atomic E-state index is 13.0. The SMILES string of the molecule is Cn1nnc2c3cc(C(=O)O)ccc3n([C@H]3CC[C@@H](C(F)(F)F)CC3)c21. The van der Waals surface area contributed by atoms with Crippen LogP contribution in [0.1, 0.15) is 42.1 Å². The molecule has 1 N–H and O–H groups in total. The molecule has 0 amide bonds. The van der Waals surface area contributed by atoms with Crippen LogP contribution in [-0.4, -0.2) is 36.8 Å². The van der Waals surface area contributed by atoms with Gasteiger partial charge in [-0.1, -0.05) is 5.21 Å². The topological polar surface area (TPSA) is 72.9 Å². The van der Waals surface area contributed by atoms with Crippen molar-refractivity contribution in [1.29, 1.82) is 0 Å². The summed E-state index contributed by atoms with van der Waals surface area (Å²) in [6, 6.07) is 4.67. The fourth-order valence-electron chi connectivity index (χ4n) is 4.01. The summed E-state index contributed by atoms with van der Waals surface area (Å²) in [4.78, 5) is 11.3. The van der Waals surface area contributed by atoms with Gasteiger partial charge in [-0.25, -0.2) is 9.48 Å². The van der Waals surface area contributed by atoms with Gasteiger partial charge in [0.2, 0.25) is 0 Å². The van der Waals surface area contributed by atoms with Crippen LogP contribution in [-0.2, 0) is 7.05 Å². The van der Waals surface area contributed by atoms with E-state index in [4.69, 9.17) is 0 Å². The molecule has 1 aliphatic rings. The van der Waals surface area contributed by atoms with Crippen LogP contribution in [0.3, 0.4) is 0 Å². The van der Waals surface area contributed by atoms with Crippen LogP contribution < -0.4 is 0 Å². The Balaban J connectivity index is 1.81. The molecule has 2 aromatic heterocycles. The number of aryl methyl sites for hydroxylation is 1. The zero-order valence-electron chi connectivity index (χ0n) is 14.0. The largest absolute Gasteiger partial charge is 0.478 e. The van der Waals surface area contributed by atoms with Crippen molar-refractivity contribution in [2.24, 2.45) is 13.0 Å². The first kappa shape index (κ1) is 16.9. The smallest absolute Gasteiger partial charge is 0.391 e. The number of halogens is 3. The third kappa shape index (κ3) is 2.53. The lowest BCUT2D eigenvalue weighted by Crippen LogP contribution is -2.28. The summed E-state index contributed by atoms with van der Waals surface area (Å²) in [5.74, 6) is -2.29. The molecular formula is C17H17F3N4O2. The summed E-state index contributed by atoms with van der Waals surface area (Å²) >= 11 is 0. The van der Waals surface area contributed by atoms with Crippen LogP contribution in [0, 0.1) is 5.92 Å². The lowest BCUT2D eigenvalue weighted by atomic mass is 9.85. The van der Waals surface area contributed by atoms with Crippen molar-refractivity contribution in [3.05, 3.63) is 23.8 Å². The number of nitrogens with zero attached hydrogens (tertiary/aromatic N) is 4. The molecule has 0 spiro atoms. The van der Waals surface area contributed by atoms with Crippen molar-refractivity contribution in [2.75, 3.05) is 0 Å². The predicted molar refractivity (Wildman–Crippen MR) is 88.0 cm³/mol. The second kappa shape index (κ2) is 5.72. The number of hydrogen-bond acceptors (Lipinski definition) is 3. The molecule has 9 heteroatoms. The van der Waals surface area contributed by atoms with Crippen molar-refractivity contribution in [3.63, 3.8) is 0 Å². The minimum absolute atomic E-state index is 0.0911. The minimum atomic E-state index is -4.15. The number of carboxylic acid groups (broad SMARTS) is 1. The highest BCUT2D eigenvalue weighted by molar-refractivity contribution is 6.07. The molecule has 0 bridgehead atoms. The zero-order chi connectivity index (χ0) is 18.6. The molecule has 4 rings (SSSR count). The van der Waals surface area contributed by atoms with E-state index in [1.54, 1.807) is 23.9 Å². The van der Waals surface area contributed by atoms with E-state index in [2.05, 4.69) is 10.3 Å². The van der Waals surface area contributed by atoms with E-state index in [0.717, 1.165) is 5.52 Å². The number of aromatic carboxylic acids is 1. The number of carbonyl (C=O) groups is 1. The quantitative estimate of drug-likeness (QED) is 0.746. The molecule has 1 fully saturated rings. The third-order valence-electron chi connectivity index (χ3n) is 5.31. The number of fused-ring (bicyclic) bond motifs is 3. The van der Waals surface area contributed by atoms with Gasteiger partial charge in [0, 0.05) is 18.5 Å². The molecular weight excluding hydrogens is 349 g/mol. The molecule has 0 radical (unpaired) electrons. The monoisotopic (exact) mass is 366 g/mol. The standard InChI is InChI=1S/C17H17F3N4O2/c1-23-15-14(21-22-23)12-8-9(16(25)26)2-7-13(12)24(15)11-5-3-10(4-6-11)17(18,19)20/h2,7-8,10-11H,3-6H2,1H3,(H,25,26)/t10-,11+. The van der Waals surface area contributed by atoms with Crippen molar-refractivity contribution >= 4 is 28.0 Å². The van der Waals surface area contributed by atoms with Gasteiger partial charge in [-0.3, -0.25) is 0 Å². The van der Waals surface area contributed by atoms with Crippen molar-refractivity contribution in [3.8, 4) is 0 Å². The van der Waals surface area contributed by atoms with Gasteiger partial charge >= 0.3 is 12.1 Å². The van der Waals surface area contributed by atoms with Crippen LogP contribution >= 0.6 is 0 Å². The summed E-state index contributed by atoms with van der Waals surface area (Å²) in [6.07, 6.45) is -3.14. The van der Waals surface area contributed by atoms with E-state index >= 15 is 0 Å². The summed E-state index contributed by atoms with van der Waals surface area (Å²) in [7, 11) is 1.73. The third-order valence-corrected chi connectivity index (χ3v) is 5.31. The van der Waals surface area contributed by atoms with Crippen LogP contribution in [0.15, 0.2) is 18.2 Å². The van der Waals surface area contributed by atoms with Crippen LogP contribution in [0.2, 0.25) is 0 Å². The van der Waals surface area contributed by atoms with E-state index in [0.29, 0.717) is 29.4 Å². The molecule has 0 aliphatic heterocycles. The van der Waals surface area contributed by atoms with Crippen molar-refractivity contribution < 1.29 is 23.1 Å². The molecule has 0 saturated heterocycles. The lowest BCUT2D eigenvalue weighted by Gasteiger charge is -2.31. The highest BCUT2D eigenvalue weighted by Gasteiger charge is 2.42. The van der Waals surface area contributed by atoms with Crippen molar-refractivity contribution in [1.82, 2.24) is 19.6 Å². The van der Waals surface area contributed by atoms with Gasteiger partial charge < -0.3 is 9.67 Å². The Morgan fingerprint density at radius 2 is 1.92 bits per heavy atom. The Kier molecular flexibility index (Phi) is 3.71. The molecule has 3 aromatic rings. The Morgan fingerprint density at radius 3 is 2.54 bits per heavy atom. The molecule has 0 atom stereocenters. The number of rotatable bonds is 2. The molecule has 0 unspecified atom stereocenters. The highest BCUT2D eigenvalue weighted by Crippen LogP contribution is 2.43. The molecule has 1 saturated carbocycles. The first-order valence-corrected chi connectivity index (χ1v) is 8.40. The van der Waals surface area contributed by atoms with Gasteiger partial charge in [-0.15, -0.1) is 5.10 Å². The molecule has 2 heterocycles. The lowest BCUT2D eigenvalue weighted by molar-refractivity contribution is -0.183. The summed E-state index contributed by atoms with van der Waals surface area (Å²) < 4.78 is 42.5. The normalized spacial score (nSPS) is 21.5. The van der Waals surface area contributed by atoms with Gasteiger partial charge in [0.1, 0.15) is 5.52 Å². The molecule has 138 valence electrons. The second-order valence-corrected chi connectivity index (χ2v) is 6.84. The van der Waals surface area contributed by atoms with Gasteiger partial charge in [0.15, 0.2) is 5.65 Å². The van der Waals surface area contributed by atoms with E-state index in [1.165, 1.54) is 6.07 Å². The van der Waals surface area contributed by atoms with Crippen molar-refractivity contribution in [2.45, 2.75) is 37.9 Å². The molecule has 1 aliphatic carbocycles. The zero-order valence-corrected chi connectivity index (χ0v) is 14.0. The van der Waals surface area contributed by atoms with Gasteiger partial charge in [-0.2, -0.15) is 13.2 Å². The van der Waals surface area contributed by atoms with E-state index in [-0.39, 0.29) is 24.4 Å². The summed E-state index contributed by atoms with van der Waals surface area (Å²) in [6.45, 7) is 0. The van der Waals surface area contributed by atoms with Gasteiger partial charge in [0.05, 0.1) is 17.0 Å². The minimum Gasteiger partial charge on any atom is -0.478 e. The number of hydrogen-bond donors (Lipinski definition) is 1.